The van der Waals surface area contributed by atoms with Crippen LogP contribution in [0.15, 0.2) is 46.0 Å². The fraction of sp³-hybridized carbons (Fsp3) is 0.0833. The Kier molecular flexibility index (Phi) is 3.64. The van der Waals surface area contributed by atoms with Gasteiger partial charge < -0.3 is 9.90 Å². The molecule has 0 radical (unpaired) electrons. The zero-order chi connectivity index (χ0) is 11.4. The van der Waals surface area contributed by atoms with Crippen LogP contribution in [-0.4, -0.2) is 5.97 Å². The maximum Gasteiger partial charge on any atom is 0.0715 e. The third-order valence-electron chi connectivity index (χ3n) is 2.04. The van der Waals surface area contributed by atoms with E-state index < -0.39 is 5.97 Å². The van der Waals surface area contributed by atoms with Crippen LogP contribution in [-0.2, 0) is 5.75 Å². The first-order valence-corrected chi connectivity index (χ1v) is 6.59. The highest BCUT2D eigenvalue weighted by Gasteiger charge is 1.99. The molecule has 1 heterocycles. The van der Waals surface area contributed by atoms with Gasteiger partial charge in [0, 0.05) is 5.75 Å². The van der Waals surface area contributed by atoms with Gasteiger partial charge in [0.2, 0.25) is 0 Å². The molecule has 16 heavy (non-hydrogen) atoms. The number of benzene rings is 1. The van der Waals surface area contributed by atoms with Crippen LogP contribution in [0.3, 0.4) is 0 Å². The zero-order valence-electron chi connectivity index (χ0n) is 8.38. The lowest BCUT2D eigenvalue weighted by Crippen LogP contribution is -2.22. The number of rotatable bonds is 4. The van der Waals surface area contributed by atoms with Crippen molar-refractivity contribution >= 4 is 29.1 Å². The molecule has 2 aromatic rings. The van der Waals surface area contributed by atoms with E-state index in [1.807, 2.05) is 17.5 Å². The van der Waals surface area contributed by atoms with Crippen molar-refractivity contribution in [1.29, 1.82) is 0 Å². The molecular weight excluding hydrogens is 240 g/mol. The van der Waals surface area contributed by atoms with Crippen LogP contribution in [0.1, 0.15) is 15.9 Å². The van der Waals surface area contributed by atoms with E-state index in [9.17, 15) is 9.90 Å². The highest BCUT2D eigenvalue weighted by Crippen LogP contribution is 2.27. The van der Waals surface area contributed by atoms with Crippen LogP contribution in [0.4, 0.5) is 0 Å². The first-order valence-electron chi connectivity index (χ1n) is 4.72. The predicted octanol–water partition coefficient (Wildman–Crippen LogP) is 2.40. The van der Waals surface area contributed by atoms with E-state index in [0.29, 0.717) is 0 Å². The molecule has 82 valence electrons. The second-order valence-electron chi connectivity index (χ2n) is 3.21. The smallest absolute Gasteiger partial charge is 0.0715 e. The molecule has 0 spiro atoms. The Morgan fingerprint density at radius 1 is 1.31 bits per heavy atom. The third kappa shape index (κ3) is 2.87. The van der Waals surface area contributed by atoms with Crippen molar-refractivity contribution < 1.29 is 9.90 Å². The number of carboxylic acid groups (broad SMARTS) is 1. The molecule has 0 N–H and O–H groups in total. The lowest BCUT2D eigenvalue weighted by molar-refractivity contribution is -0.255. The molecule has 0 aliphatic carbocycles. The highest BCUT2D eigenvalue weighted by molar-refractivity contribution is 8.00. The standard InChI is InChI=1S/C12H10O2S2/c13-12(14)10-4-1-3-9(7-10)8-16-11-5-2-6-15-11/h1-7H,8H2,(H,13,14)/p-1. The van der Waals surface area contributed by atoms with Gasteiger partial charge in [-0.25, -0.2) is 0 Å². The molecule has 0 bridgehead atoms. The maximum absolute atomic E-state index is 10.7. The molecule has 0 aliphatic rings. The molecule has 0 aliphatic heterocycles. The first kappa shape index (κ1) is 11.2. The van der Waals surface area contributed by atoms with Crippen LogP contribution in [0.5, 0.6) is 0 Å². The molecule has 0 saturated carbocycles. The van der Waals surface area contributed by atoms with Crippen LogP contribution in [0, 0.1) is 0 Å². The summed E-state index contributed by atoms with van der Waals surface area (Å²) >= 11 is 3.39. The summed E-state index contributed by atoms with van der Waals surface area (Å²) in [5, 5.41) is 12.7. The van der Waals surface area contributed by atoms with E-state index in [-0.39, 0.29) is 5.56 Å². The van der Waals surface area contributed by atoms with Gasteiger partial charge in [0.05, 0.1) is 10.2 Å². The van der Waals surface area contributed by atoms with E-state index >= 15 is 0 Å². The lowest BCUT2D eigenvalue weighted by atomic mass is 10.1. The molecule has 1 aromatic heterocycles. The first-order chi connectivity index (χ1) is 7.75. The number of thioether (sulfide) groups is 1. The minimum atomic E-state index is -1.12. The molecular formula is C12H9O2S2-. The summed E-state index contributed by atoms with van der Waals surface area (Å²) in [6.07, 6.45) is 0. The average Bonchev–Trinajstić information content (AvgIpc) is 2.79. The summed E-state index contributed by atoms with van der Waals surface area (Å²) in [7, 11) is 0. The molecule has 0 atom stereocenters. The largest absolute Gasteiger partial charge is 0.545 e. The lowest BCUT2D eigenvalue weighted by Gasteiger charge is -2.05. The van der Waals surface area contributed by atoms with Crippen LogP contribution >= 0.6 is 23.1 Å². The van der Waals surface area contributed by atoms with Crippen molar-refractivity contribution in [2.75, 3.05) is 0 Å². The SMILES string of the molecule is O=C([O-])c1cccc(CSc2cccs2)c1. The molecule has 1 aromatic carbocycles. The number of aromatic carboxylic acids is 1. The second kappa shape index (κ2) is 5.18. The van der Waals surface area contributed by atoms with Gasteiger partial charge in [-0.15, -0.1) is 23.1 Å². The van der Waals surface area contributed by atoms with Gasteiger partial charge in [-0.2, -0.15) is 0 Å². The summed E-state index contributed by atoms with van der Waals surface area (Å²) in [6, 6.07) is 10.9. The Hall–Kier alpha value is -1.26. The summed E-state index contributed by atoms with van der Waals surface area (Å²) in [5.41, 5.74) is 1.24. The number of carboxylic acids is 1. The van der Waals surface area contributed by atoms with Crippen molar-refractivity contribution in [2.24, 2.45) is 0 Å². The van der Waals surface area contributed by atoms with E-state index in [0.717, 1.165) is 11.3 Å². The Morgan fingerprint density at radius 2 is 2.19 bits per heavy atom. The Labute approximate surface area is 102 Å². The van der Waals surface area contributed by atoms with Gasteiger partial charge >= 0.3 is 0 Å². The molecule has 0 fully saturated rings. The average molecular weight is 249 g/mol. The van der Waals surface area contributed by atoms with Gasteiger partial charge in [0.25, 0.3) is 0 Å². The highest BCUT2D eigenvalue weighted by atomic mass is 32.2. The summed E-state index contributed by atoms with van der Waals surface area (Å²) in [6.45, 7) is 0. The Balaban J connectivity index is 2.04. The fourth-order valence-electron chi connectivity index (χ4n) is 1.29. The van der Waals surface area contributed by atoms with Crippen LogP contribution in [0.2, 0.25) is 0 Å². The van der Waals surface area contributed by atoms with Gasteiger partial charge in [0.1, 0.15) is 0 Å². The number of thiophene rings is 1. The van der Waals surface area contributed by atoms with E-state index in [2.05, 4.69) is 6.07 Å². The molecule has 4 heteroatoms. The fourth-order valence-corrected chi connectivity index (χ4v) is 3.02. The van der Waals surface area contributed by atoms with E-state index in [4.69, 9.17) is 0 Å². The summed E-state index contributed by atoms with van der Waals surface area (Å²) in [5.74, 6) is -0.343. The predicted molar refractivity (Wildman–Crippen MR) is 64.7 cm³/mol. The molecule has 2 rings (SSSR count). The molecule has 0 amide bonds. The van der Waals surface area contributed by atoms with Gasteiger partial charge in [-0.3, -0.25) is 0 Å². The monoisotopic (exact) mass is 249 g/mol. The molecule has 2 nitrogen and oxygen atoms in total. The van der Waals surface area contributed by atoms with Crippen molar-refractivity contribution in [2.45, 2.75) is 9.96 Å². The third-order valence-corrected chi connectivity index (χ3v) is 4.24. The van der Waals surface area contributed by atoms with Crippen molar-refractivity contribution in [3.05, 3.63) is 52.9 Å². The Morgan fingerprint density at radius 3 is 2.88 bits per heavy atom. The van der Waals surface area contributed by atoms with Crippen molar-refractivity contribution in [3.63, 3.8) is 0 Å². The number of hydrogen-bond acceptors (Lipinski definition) is 4. The number of carbonyl (C=O) groups excluding carboxylic acids is 1. The van der Waals surface area contributed by atoms with Crippen LogP contribution in [0.25, 0.3) is 0 Å². The number of carbonyl (C=O) groups is 1. The zero-order valence-corrected chi connectivity index (χ0v) is 10.0. The van der Waals surface area contributed by atoms with Crippen molar-refractivity contribution in [3.8, 4) is 0 Å². The van der Waals surface area contributed by atoms with Crippen molar-refractivity contribution in [1.82, 2.24) is 0 Å². The van der Waals surface area contributed by atoms with E-state index in [1.54, 1.807) is 41.3 Å². The van der Waals surface area contributed by atoms with Gasteiger partial charge in [-0.1, -0.05) is 24.3 Å². The van der Waals surface area contributed by atoms with Crippen LogP contribution < -0.4 is 5.11 Å². The minimum absolute atomic E-state index is 0.240. The quantitative estimate of drug-likeness (QED) is 0.781. The maximum atomic E-state index is 10.7. The van der Waals surface area contributed by atoms with Gasteiger partial charge in [-0.05, 0) is 28.6 Å². The summed E-state index contributed by atoms with van der Waals surface area (Å²) < 4.78 is 1.24. The second-order valence-corrected chi connectivity index (χ2v) is 5.43. The number of hydrogen-bond donors (Lipinski definition) is 0. The minimum Gasteiger partial charge on any atom is -0.545 e. The Bertz CT molecular complexity index is 478. The van der Waals surface area contributed by atoms with Gasteiger partial charge in [0.15, 0.2) is 0 Å². The normalized spacial score (nSPS) is 10.2. The van der Waals surface area contributed by atoms with E-state index in [1.165, 1.54) is 4.21 Å². The molecule has 0 saturated heterocycles. The molecule has 0 unspecified atom stereocenters. The topological polar surface area (TPSA) is 40.1 Å². The summed E-state index contributed by atoms with van der Waals surface area (Å²) in [4.78, 5) is 10.7.